The van der Waals surface area contributed by atoms with Crippen molar-refractivity contribution in [2.24, 2.45) is 0 Å². The maximum absolute atomic E-state index is 12.1. The number of nitrogens with one attached hydrogen (secondary N) is 2. The zero-order chi connectivity index (χ0) is 18.5. The Bertz CT molecular complexity index is 774. The zero-order valence-electron chi connectivity index (χ0n) is 14.4. The predicted molar refractivity (Wildman–Crippen MR) is 97.5 cm³/mol. The van der Waals surface area contributed by atoms with Gasteiger partial charge in [0.25, 0.3) is 11.8 Å². The van der Waals surface area contributed by atoms with Gasteiger partial charge in [-0.3, -0.25) is 9.59 Å². The fraction of sp³-hybridized carbons (Fsp3) is 0.389. The smallest absolute Gasteiger partial charge is 0.260 e. The monoisotopic (exact) mass is 376 g/mol. The molecule has 0 unspecified atom stereocenters. The number of hydrogen-bond acceptors (Lipinski definition) is 4. The molecular formula is C18H21ClN4O3. The van der Waals surface area contributed by atoms with Crippen LogP contribution >= 0.6 is 11.6 Å². The molecule has 0 bridgehead atoms. The summed E-state index contributed by atoms with van der Waals surface area (Å²) >= 11 is 6.15. The molecule has 0 saturated heterocycles. The van der Waals surface area contributed by atoms with Crippen LogP contribution in [0.25, 0.3) is 5.69 Å². The van der Waals surface area contributed by atoms with E-state index in [1.54, 1.807) is 17.8 Å². The number of para-hydroxylation sites is 1. The van der Waals surface area contributed by atoms with Crippen molar-refractivity contribution in [1.29, 1.82) is 0 Å². The second kappa shape index (κ2) is 8.23. The highest BCUT2D eigenvalue weighted by molar-refractivity contribution is 6.31. The molecule has 2 aromatic rings. The number of amides is 2. The molecule has 0 aliphatic heterocycles. The number of halogens is 1. The Balaban J connectivity index is 1.49. The molecule has 7 nitrogen and oxygen atoms in total. The number of carbonyl (C=O) groups excluding carboxylic acids is 2. The second-order valence-corrected chi connectivity index (χ2v) is 6.61. The van der Waals surface area contributed by atoms with Gasteiger partial charge in [-0.15, -0.1) is 5.10 Å². The Morgan fingerprint density at radius 1 is 1.35 bits per heavy atom. The summed E-state index contributed by atoms with van der Waals surface area (Å²) in [6.45, 7) is 1.87. The largest absolute Gasteiger partial charge is 0.462 e. The molecule has 1 heterocycles. The van der Waals surface area contributed by atoms with Crippen LogP contribution in [0.4, 0.5) is 0 Å². The van der Waals surface area contributed by atoms with Gasteiger partial charge in [-0.1, -0.05) is 29.8 Å². The van der Waals surface area contributed by atoms with Crippen molar-refractivity contribution >= 4 is 23.4 Å². The van der Waals surface area contributed by atoms with E-state index in [2.05, 4.69) is 15.7 Å². The maximum atomic E-state index is 12.1. The van der Waals surface area contributed by atoms with Gasteiger partial charge >= 0.3 is 0 Å². The van der Waals surface area contributed by atoms with Gasteiger partial charge in [0.2, 0.25) is 5.91 Å². The van der Waals surface area contributed by atoms with E-state index in [4.69, 9.17) is 16.3 Å². The van der Waals surface area contributed by atoms with Crippen molar-refractivity contribution < 1.29 is 14.3 Å². The molecular weight excluding hydrogens is 356 g/mol. The summed E-state index contributed by atoms with van der Waals surface area (Å²) < 4.78 is 7.15. The first-order valence-corrected chi connectivity index (χ1v) is 8.95. The fourth-order valence-corrected chi connectivity index (χ4v) is 2.50. The van der Waals surface area contributed by atoms with Crippen LogP contribution < -0.4 is 15.4 Å². The van der Waals surface area contributed by atoms with E-state index in [0.29, 0.717) is 11.1 Å². The minimum absolute atomic E-state index is 0.0500. The van der Waals surface area contributed by atoms with Crippen molar-refractivity contribution in [2.45, 2.75) is 38.3 Å². The summed E-state index contributed by atoms with van der Waals surface area (Å²) in [7, 11) is 0. The van der Waals surface area contributed by atoms with Crippen molar-refractivity contribution in [1.82, 2.24) is 20.4 Å². The predicted octanol–water partition coefficient (Wildman–Crippen LogP) is 2.08. The van der Waals surface area contributed by atoms with Crippen LogP contribution in [-0.2, 0) is 9.59 Å². The molecule has 2 N–H and O–H groups in total. The summed E-state index contributed by atoms with van der Waals surface area (Å²) in [6, 6.07) is 9.78. The van der Waals surface area contributed by atoms with Gasteiger partial charge in [-0.2, -0.15) is 0 Å². The minimum Gasteiger partial charge on any atom is -0.462 e. The third-order valence-electron chi connectivity index (χ3n) is 3.91. The van der Waals surface area contributed by atoms with Gasteiger partial charge in [0.15, 0.2) is 6.10 Å². The topological polar surface area (TPSA) is 85.2 Å². The van der Waals surface area contributed by atoms with E-state index in [1.807, 2.05) is 30.3 Å². The quantitative estimate of drug-likeness (QED) is 0.738. The molecule has 26 heavy (non-hydrogen) atoms. The molecule has 1 atom stereocenters. The van der Waals surface area contributed by atoms with Crippen LogP contribution in [0.15, 0.2) is 36.5 Å². The third kappa shape index (κ3) is 4.98. The average molecular weight is 377 g/mol. The normalized spacial score (nSPS) is 14.5. The molecule has 2 amide bonds. The van der Waals surface area contributed by atoms with Crippen LogP contribution in [0.5, 0.6) is 5.88 Å². The van der Waals surface area contributed by atoms with Crippen molar-refractivity contribution in [3.05, 3.63) is 41.6 Å². The highest BCUT2D eigenvalue weighted by Gasteiger charge is 2.23. The lowest BCUT2D eigenvalue weighted by atomic mass is 10.3. The van der Waals surface area contributed by atoms with Gasteiger partial charge < -0.3 is 15.4 Å². The third-order valence-corrected chi connectivity index (χ3v) is 4.17. The minimum atomic E-state index is -0.780. The van der Waals surface area contributed by atoms with E-state index < -0.39 is 6.10 Å². The summed E-state index contributed by atoms with van der Waals surface area (Å²) in [5, 5.41) is 10.1. The van der Waals surface area contributed by atoms with Crippen LogP contribution in [-0.4, -0.2) is 40.3 Å². The number of nitrogens with zero attached hydrogens (tertiary/aromatic N) is 2. The number of carbonyl (C=O) groups is 2. The molecule has 0 radical (unpaired) electrons. The number of rotatable bonds is 8. The van der Waals surface area contributed by atoms with Crippen molar-refractivity contribution in [3.8, 4) is 11.6 Å². The standard InChI is InChI=1S/C18H21ClN4O3/c1-12(17(25)20-10-9-16(24)21-13-7-8-13)26-18-15(19)11-23(22-18)14-5-3-2-4-6-14/h2-6,11-13H,7-10H2,1H3,(H,20,25)(H,21,24)/t12-/m0/s1. The molecule has 1 saturated carbocycles. The summed E-state index contributed by atoms with van der Waals surface area (Å²) in [6.07, 6.45) is 3.17. The maximum Gasteiger partial charge on any atom is 0.260 e. The Hall–Kier alpha value is -2.54. The zero-order valence-corrected chi connectivity index (χ0v) is 15.2. The Morgan fingerprint density at radius 2 is 2.08 bits per heavy atom. The van der Waals surface area contributed by atoms with Crippen LogP contribution in [0.2, 0.25) is 5.02 Å². The highest BCUT2D eigenvalue weighted by Crippen LogP contribution is 2.25. The lowest BCUT2D eigenvalue weighted by Gasteiger charge is -2.13. The molecule has 138 valence electrons. The SMILES string of the molecule is C[C@H](Oc1nn(-c2ccccc2)cc1Cl)C(=O)NCCC(=O)NC1CC1. The lowest BCUT2D eigenvalue weighted by molar-refractivity contribution is -0.127. The molecule has 1 aliphatic carbocycles. The van der Waals surface area contributed by atoms with E-state index >= 15 is 0 Å². The molecule has 1 aromatic carbocycles. The number of ether oxygens (including phenoxy) is 1. The summed E-state index contributed by atoms with van der Waals surface area (Å²) in [5.74, 6) is -0.190. The number of aromatic nitrogens is 2. The van der Waals surface area contributed by atoms with E-state index in [-0.39, 0.29) is 30.7 Å². The first-order chi connectivity index (χ1) is 12.5. The average Bonchev–Trinajstić information content (AvgIpc) is 3.37. The van der Waals surface area contributed by atoms with Gasteiger partial charge in [0.1, 0.15) is 5.02 Å². The van der Waals surface area contributed by atoms with E-state index in [9.17, 15) is 9.59 Å². The highest BCUT2D eigenvalue weighted by atomic mass is 35.5. The van der Waals surface area contributed by atoms with E-state index in [0.717, 1.165) is 18.5 Å². The number of hydrogen-bond donors (Lipinski definition) is 2. The van der Waals surface area contributed by atoms with Crippen molar-refractivity contribution in [2.75, 3.05) is 6.54 Å². The van der Waals surface area contributed by atoms with Crippen LogP contribution in [0.3, 0.4) is 0 Å². The van der Waals surface area contributed by atoms with Gasteiger partial charge in [0, 0.05) is 19.0 Å². The van der Waals surface area contributed by atoms with Crippen LogP contribution in [0.1, 0.15) is 26.2 Å². The first-order valence-electron chi connectivity index (χ1n) is 8.57. The molecule has 1 aromatic heterocycles. The molecule has 1 aliphatic rings. The summed E-state index contributed by atoms with van der Waals surface area (Å²) in [4.78, 5) is 23.7. The fourth-order valence-electron chi connectivity index (χ4n) is 2.32. The molecule has 8 heteroatoms. The van der Waals surface area contributed by atoms with Gasteiger partial charge in [-0.05, 0) is 31.9 Å². The van der Waals surface area contributed by atoms with Crippen LogP contribution in [0, 0.1) is 0 Å². The Kier molecular flexibility index (Phi) is 5.78. The molecule has 0 spiro atoms. The van der Waals surface area contributed by atoms with E-state index in [1.165, 1.54) is 0 Å². The summed E-state index contributed by atoms with van der Waals surface area (Å²) in [5.41, 5.74) is 0.836. The molecule has 1 fully saturated rings. The molecule has 3 rings (SSSR count). The first kappa shape index (κ1) is 18.3. The van der Waals surface area contributed by atoms with Gasteiger partial charge in [0.05, 0.1) is 11.9 Å². The Labute approximate surface area is 156 Å². The number of benzene rings is 1. The second-order valence-electron chi connectivity index (χ2n) is 6.21. The van der Waals surface area contributed by atoms with Crippen molar-refractivity contribution in [3.63, 3.8) is 0 Å². The van der Waals surface area contributed by atoms with Gasteiger partial charge in [-0.25, -0.2) is 4.68 Å². The lowest BCUT2D eigenvalue weighted by Crippen LogP contribution is -2.38. The Morgan fingerprint density at radius 3 is 2.77 bits per heavy atom.